The lowest BCUT2D eigenvalue weighted by molar-refractivity contribution is -0.153. The molecule has 1 aliphatic heterocycles. The summed E-state index contributed by atoms with van der Waals surface area (Å²) in [6.07, 6.45) is 0. The minimum atomic E-state index is -0.874. The van der Waals surface area contributed by atoms with Crippen LogP contribution in [0.3, 0.4) is 0 Å². The van der Waals surface area contributed by atoms with E-state index < -0.39 is 11.9 Å². The van der Waals surface area contributed by atoms with Crippen LogP contribution in [-0.2, 0) is 9.59 Å². The zero-order chi connectivity index (χ0) is 14.0. The SMILES string of the molecule is O=C(O)C1CN(C(=O)COc2ccc(Br)cc2Cl)C1. The summed E-state index contributed by atoms with van der Waals surface area (Å²) < 4.78 is 6.14. The zero-order valence-corrected chi connectivity index (χ0v) is 12.1. The minimum absolute atomic E-state index is 0.145. The summed E-state index contributed by atoms with van der Waals surface area (Å²) in [7, 11) is 0. The lowest BCUT2D eigenvalue weighted by atomic mass is 10.0. The Balaban J connectivity index is 1.83. The van der Waals surface area contributed by atoms with E-state index >= 15 is 0 Å². The maximum atomic E-state index is 11.7. The van der Waals surface area contributed by atoms with Gasteiger partial charge in [-0.2, -0.15) is 0 Å². The molecule has 0 aliphatic carbocycles. The van der Waals surface area contributed by atoms with Gasteiger partial charge in [-0.05, 0) is 18.2 Å². The Hall–Kier alpha value is -1.27. The number of hydrogen-bond donors (Lipinski definition) is 1. The number of carbonyl (C=O) groups is 2. The van der Waals surface area contributed by atoms with Crippen LogP contribution in [0.2, 0.25) is 5.02 Å². The molecule has 2 rings (SSSR count). The van der Waals surface area contributed by atoms with Gasteiger partial charge >= 0.3 is 5.97 Å². The molecular formula is C12H11BrClNO4. The molecule has 1 fully saturated rings. The van der Waals surface area contributed by atoms with Gasteiger partial charge in [0.2, 0.25) is 0 Å². The third-order valence-electron chi connectivity index (χ3n) is 2.83. The fraction of sp³-hybridized carbons (Fsp3) is 0.333. The Bertz CT molecular complexity index is 516. The smallest absolute Gasteiger partial charge is 0.310 e. The number of ether oxygens (including phenoxy) is 1. The number of amides is 1. The summed E-state index contributed by atoms with van der Waals surface area (Å²) in [6, 6.07) is 5.09. The summed E-state index contributed by atoms with van der Waals surface area (Å²) in [5, 5.41) is 9.12. The topological polar surface area (TPSA) is 66.8 Å². The van der Waals surface area contributed by atoms with E-state index in [4.69, 9.17) is 21.4 Å². The van der Waals surface area contributed by atoms with Crippen molar-refractivity contribution in [3.05, 3.63) is 27.7 Å². The first-order valence-corrected chi connectivity index (χ1v) is 6.73. The van der Waals surface area contributed by atoms with Crippen LogP contribution < -0.4 is 4.74 Å². The van der Waals surface area contributed by atoms with E-state index in [0.29, 0.717) is 10.8 Å². The number of carbonyl (C=O) groups excluding carboxylic acids is 1. The summed E-state index contributed by atoms with van der Waals surface area (Å²) >= 11 is 9.22. The molecule has 0 unspecified atom stereocenters. The second-order valence-electron chi connectivity index (χ2n) is 4.20. The molecule has 0 bridgehead atoms. The molecule has 1 aromatic carbocycles. The number of benzene rings is 1. The molecule has 7 heteroatoms. The van der Waals surface area contributed by atoms with Gasteiger partial charge in [0.05, 0.1) is 10.9 Å². The molecule has 1 amide bonds. The van der Waals surface area contributed by atoms with Crippen molar-refractivity contribution in [2.24, 2.45) is 5.92 Å². The number of aliphatic carboxylic acids is 1. The quantitative estimate of drug-likeness (QED) is 0.904. The van der Waals surface area contributed by atoms with Crippen molar-refractivity contribution >= 4 is 39.4 Å². The molecule has 0 spiro atoms. The van der Waals surface area contributed by atoms with Crippen LogP contribution in [0.1, 0.15) is 0 Å². The number of rotatable bonds is 4. The second-order valence-corrected chi connectivity index (χ2v) is 5.52. The van der Waals surface area contributed by atoms with Gasteiger partial charge < -0.3 is 14.7 Å². The summed E-state index contributed by atoms with van der Waals surface area (Å²) in [5.74, 6) is -1.15. The monoisotopic (exact) mass is 347 g/mol. The Morgan fingerprint density at radius 1 is 1.47 bits per heavy atom. The van der Waals surface area contributed by atoms with Crippen LogP contribution in [0.5, 0.6) is 5.75 Å². The maximum absolute atomic E-state index is 11.7. The molecule has 0 atom stereocenters. The van der Waals surface area contributed by atoms with Gasteiger partial charge in [-0.15, -0.1) is 0 Å². The lowest BCUT2D eigenvalue weighted by Gasteiger charge is -2.36. The lowest BCUT2D eigenvalue weighted by Crippen LogP contribution is -2.54. The zero-order valence-electron chi connectivity index (χ0n) is 9.81. The standard InChI is InChI=1S/C12H11BrClNO4/c13-8-1-2-10(9(14)3-8)19-6-11(16)15-4-7(5-15)12(17)18/h1-3,7H,4-6H2,(H,17,18). The van der Waals surface area contributed by atoms with Crippen molar-refractivity contribution in [2.75, 3.05) is 19.7 Å². The van der Waals surface area contributed by atoms with Crippen molar-refractivity contribution in [1.29, 1.82) is 0 Å². The van der Waals surface area contributed by atoms with Crippen molar-refractivity contribution in [1.82, 2.24) is 4.90 Å². The van der Waals surface area contributed by atoms with Gasteiger partial charge in [0, 0.05) is 17.6 Å². The first kappa shape index (κ1) is 14.1. The van der Waals surface area contributed by atoms with E-state index in [0.717, 1.165) is 4.47 Å². The number of halogens is 2. The highest BCUT2D eigenvalue weighted by molar-refractivity contribution is 9.10. The van der Waals surface area contributed by atoms with Gasteiger partial charge in [-0.3, -0.25) is 9.59 Å². The van der Waals surface area contributed by atoms with E-state index in [9.17, 15) is 9.59 Å². The first-order chi connectivity index (χ1) is 8.97. The molecule has 1 saturated heterocycles. The normalized spacial score (nSPS) is 14.9. The molecule has 5 nitrogen and oxygen atoms in total. The molecule has 0 radical (unpaired) electrons. The highest BCUT2D eigenvalue weighted by Gasteiger charge is 2.35. The van der Waals surface area contributed by atoms with Crippen molar-refractivity contribution in [3.63, 3.8) is 0 Å². The first-order valence-electron chi connectivity index (χ1n) is 5.56. The molecule has 1 N–H and O–H groups in total. The van der Waals surface area contributed by atoms with Crippen molar-refractivity contribution in [3.8, 4) is 5.75 Å². The van der Waals surface area contributed by atoms with Crippen molar-refractivity contribution < 1.29 is 19.4 Å². The molecule has 1 heterocycles. The predicted octanol–water partition coefficient (Wildman–Crippen LogP) is 2.02. The summed E-state index contributed by atoms with van der Waals surface area (Å²) in [6.45, 7) is 0.338. The number of hydrogen-bond acceptors (Lipinski definition) is 3. The number of nitrogens with zero attached hydrogens (tertiary/aromatic N) is 1. The predicted molar refractivity (Wildman–Crippen MR) is 72.4 cm³/mol. The van der Waals surface area contributed by atoms with Gasteiger partial charge in [0.1, 0.15) is 5.75 Å². The van der Waals surface area contributed by atoms with Crippen LogP contribution in [0.25, 0.3) is 0 Å². The van der Waals surface area contributed by atoms with Crippen LogP contribution in [0.15, 0.2) is 22.7 Å². The molecule has 19 heavy (non-hydrogen) atoms. The van der Waals surface area contributed by atoms with E-state index in [1.165, 1.54) is 4.90 Å². The third-order valence-corrected chi connectivity index (χ3v) is 3.62. The molecule has 102 valence electrons. The fourth-order valence-electron chi connectivity index (χ4n) is 1.66. The Kier molecular flexibility index (Phi) is 4.31. The summed E-state index contributed by atoms with van der Waals surface area (Å²) in [4.78, 5) is 23.8. The summed E-state index contributed by atoms with van der Waals surface area (Å²) in [5.41, 5.74) is 0. The minimum Gasteiger partial charge on any atom is -0.482 e. The van der Waals surface area contributed by atoms with Gasteiger partial charge in [-0.25, -0.2) is 0 Å². The van der Waals surface area contributed by atoms with E-state index in [-0.39, 0.29) is 25.6 Å². The van der Waals surface area contributed by atoms with Crippen LogP contribution >= 0.6 is 27.5 Å². The average Bonchev–Trinajstić information content (AvgIpc) is 2.25. The van der Waals surface area contributed by atoms with E-state index in [1.807, 2.05) is 0 Å². The van der Waals surface area contributed by atoms with Crippen LogP contribution in [-0.4, -0.2) is 41.6 Å². The molecule has 0 aromatic heterocycles. The highest BCUT2D eigenvalue weighted by Crippen LogP contribution is 2.27. The van der Waals surface area contributed by atoms with Gasteiger partial charge in [0.15, 0.2) is 6.61 Å². The Labute approximate surface area is 123 Å². The third kappa shape index (κ3) is 3.39. The molecular weight excluding hydrogens is 337 g/mol. The average molecular weight is 349 g/mol. The number of carboxylic acids is 1. The van der Waals surface area contributed by atoms with E-state index in [2.05, 4.69) is 15.9 Å². The number of likely N-dealkylation sites (tertiary alicyclic amines) is 1. The Morgan fingerprint density at radius 2 is 2.16 bits per heavy atom. The second kappa shape index (κ2) is 5.79. The fourth-order valence-corrected chi connectivity index (χ4v) is 2.39. The van der Waals surface area contributed by atoms with Gasteiger partial charge in [-0.1, -0.05) is 27.5 Å². The van der Waals surface area contributed by atoms with Crippen LogP contribution in [0.4, 0.5) is 0 Å². The molecule has 1 aliphatic rings. The maximum Gasteiger partial charge on any atom is 0.310 e. The van der Waals surface area contributed by atoms with Gasteiger partial charge in [0.25, 0.3) is 5.91 Å². The Morgan fingerprint density at radius 3 is 2.74 bits per heavy atom. The highest BCUT2D eigenvalue weighted by atomic mass is 79.9. The van der Waals surface area contributed by atoms with E-state index in [1.54, 1.807) is 18.2 Å². The molecule has 0 saturated carbocycles. The number of carboxylic acid groups (broad SMARTS) is 1. The van der Waals surface area contributed by atoms with Crippen molar-refractivity contribution in [2.45, 2.75) is 0 Å². The largest absolute Gasteiger partial charge is 0.482 e. The molecule has 1 aromatic rings. The van der Waals surface area contributed by atoms with Crippen LogP contribution in [0, 0.1) is 5.92 Å².